The lowest BCUT2D eigenvalue weighted by atomic mass is 10.1. The van der Waals surface area contributed by atoms with Gasteiger partial charge in [-0.25, -0.2) is 8.78 Å². The van der Waals surface area contributed by atoms with Crippen LogP contribution < -0.4 is 0 Å². The predicted octanol–water partition coefficient (Wildman–Crippen LogP) is 4.69. The van der Waals surface area contributed by atoms with Crippen molar-refractivity contribution >= 4 is 10.9 Å². The standard InChI is InChI=1S/C20H21F2N3/c1-4-5-10-25-14(3)13(2)17-12-23-24-19(20(17)25)9-7-15-6-8-16(21)11-18(15)22/h4-6,8,11-12H,7,9-10H2,1-3H3/b5-4+. The van der Waals surface area contributed by atoms with E-state index in [1.165, 1.54) is 23.4 Å². The fourth-order valence-corrected chi connectivity index (χ4v) is 3.15. The molecule has 0 radical (unpaired) electrons. The molecule has 0 fully saturated rings. The smallest absolute Gasteiger partial charge is 0.129 e. The third-order valence-electron chi connectivity index (χ3n) is 4.69. The van der Waals surface area contributed by atoms with Gasteiger partial charge >= 0.3 is 0 Å². The minimum Gasteiger partial charge on any atom is -0.339 e. The van der Waals surface area contributed by atoms with E-state index >= 15 is 0 Å². The number of halogens is 2. The van der Waals surface area contributed by atoms with Crippen LogP contribution in [0.5, 0.6) is 0 Å². The molecule has 3 aromatic rings. The molecule has 25 heavy (non-hydrogen) atoms. The van der Waals surface area contributed by atoms with E-state index in [1.807, 2.05) is 13.0 Å². The minimum absolute atomic E-state index is 0.451. The third-order valence-corrected chi connectivity index (χ3v) is 4.69. The lowest BCUT2D eigenvalue weighted by Gasteiger charge is -2.09. The van der Waals surface area contributed by atoms with Crippen LogP contribution >= 0.6 is 0 Å². The summed E-state index contributed by atoms with van der Waals surface area (Å²) in [6.07, 6.45) is 6.89. The second-order valence-corrected chi connectivity index (χ2v) is 6.18. The van der Waals surface area contributed by atoms with Gasteiger partial charge in [-0.3, -0.25) is 0 Å². The van der Waals surface area contributed by atoms with Gasteiger partial charge in [-0.15, -0.1) is 0 Å². The van der Waals surface area contributed by atoms with Crippen molar-refractivity contribution < 1.29 is 8.78 Å². The SMILES string of the molecule is C/C=C/Cn1c(C)c(C)c2cnnc(CCc3ccc(F)cc3F)c21. The fraction of sp³-hybridized carbons (Fsp3) is 0.300. The average molecular weight is 341 g/mol. The molecule has 0 aliphatic rings. The maximum absolute atomic E-state index is 13.9. The molecule has 2 heterocycles. The average Bonchev–Trinajstić information content (AvgIpc) is 2.84. The summed E-state index contributed by atoms with van der Waals surface area (Å²) in [7, 11) is 0. The first-order valence-corrected chi connectivity index (χ1v) is 8.38. The molecule has 3 nitrogen and oxygen atoms in total. The highest BCUT2D eigenvalue weighted by atomic mass is 19.1. The van der Waals surface area contributed by atoms with E-state index in [4.69, 9.17) is 0 Å². The Hall–Kier alpha value is -2.56. The molecule has 0 aliphatic heterocycles. The lowest BCUT2D eigenvalue weighted by molar-refractivity contribution is 0.571. The number of hydrogen-bond donors (Lipinski definition) is 0. The quantitative estimate of drug-likeness (QED) is 0.631. The van der Waals surface area contributed by atoms with Gasteiger partial charge in [0.05, 0.1) is 17.4 Å². The van der Waals surface area contributed by atoms with Crippen molar-refractivity contribution in [2.45, 2.75) is 40.2 Å². The zero-order valence-electron chi connectivity index (χ0n) is 14.7. The summed E-state index contributed by atoms with van der Waals surface area (Å²) in [6.45, 7) is 6.92. The second-order valence-electron chi connectivity index (χ2n) is 6.18. The zero-order valence-corrected chi connectivity index (χ0v) is 14.7. The number of hydrogen-bond acceptors (Lipinski definition) is 2. The summed E-state index contributed by atoms with van der Waals surface area (Å²) in [5, 5.41) is 9.50. The Morgan fingerprint density at radius 1 is 1.16 bits per heavy atom. The van der Waals surface area contributed by atoms with E-state index in [-0.39, 0.29) is 0 Å². The Bertz CT molecular complexity index is 942. The molecule has 3 rings (SSSR count). The minimum atomic E-state index is -0.561. The van der Waals surface area contributed by atoms with Crippen molar-refractivity contribution in [1.82, 2.24) is 14.8 Å². The topological polar surface area (TPSA) is 30.7 Å². The Labute approximate surface area is 146 Å². The number of aryl methyl sites for hydroxylation is 3. The van der Waals surface area contributed by atoms with E-state index < -0.39 is 11.6 Å². The van der Waals surface area contributed by atoms with Crippen LogP contribution in [0.15, 0.2) is 36.5 Å². The van der Waals surface area contributed by atoms with Crippen LogP contribution in [-0.4, -0.2) is 14.8 Å². The first-order valence-electron chi connectivity index (χ1n) is 8.38. The highest BCUT2D eigenvalue weighted by Gasteiger charge is 2.16. The Kier molecular flexibility index (Phi) is 4.93. The molecule has 0 saturated carbocycles. The van der Waals surface area contributed by atoms with E-state index in [0.717, 1.165) is 29.2 Å². The van der Waals surface area contributed by atoms with Gasteiger partial charge in [-0.05, 0) is 50.8 Å². The van der Waals surface area contributed by atoms with Crippen LogP contribution in [0.2, 0.25) is 0 Å². The van der Waals surface area contributed by atoms with Gasteiger partial charge in [-0.2, -0.15) is 10.2 Å². The van der Waals surface area contributed by atoms with Crippen LogP contribution in [-0.2, 0) is 19.4 Å². The summed E-state index contributed by atoms with van der Waals surface area (Å²) in [5.74, 6) is -1.08. The number of nitrogens with zero attached hydrogens (tertiary/aromatic N) is 3. The Balaban J connectivity index is 1.99. The molecule has 0 amide bonds. The summed E-state index contributed by atoms with van der Waals surface area (Å²) in [5.41, 5.74) is 4.73. The summed E-state index contributed by atoms with van der Waals surface area (Å²) >= 11 is 0. The van der Waals surface area contributed by atoms with E-state index in [2.05, 4.69) is 34.7 Å². The molecular weight excluding hydrogens is 320 g/mol. The molecule has 0 atom stereocenters. The lowest BCUT2D eigenvalue weighted by Crippen LogP contribution is -2.04. The highest BCUT2D eigenvalue weighted by molar-refractivity contribution is 5.86. The molecule has 130 valence electrons. The van der Waals surface area contributed by atoms with Gasteiger partial charge in [-0.1, -0.05) is 18.2 Å². The first-order chi connectivity index (χ1) is 12.0. The Morgan fingerprint density at radius 3 is 2.68 bits per heavy atom. The first kappa shape index (κ1) is 17.3. The maximum atomic E-state index is 13.9. The van der Waals surface area contributed by atoms with Gasteiger partial charge in [0, 0.05) is 23.7 Å². The molecule has 0 spiro atoms. The largest absolute Gasteiger partial charge is 0.339 e. The highest BCUT2D eigenvalue weighted by Crippen LogP contribution is 2.27. The molecule has 2 aromatic heterocycles. The summed E-state index contributed by atoms with van der Waals surface area (Å²) < 4.78 is 29.2. The van der Waals surface area contributed by atoms with Gasteiger partial charge in [0.25, 0.3) is 0 Å². The second kappa shape index (κ2) is 7.13. The van der Waals surface area contributed by atoms with Crippen molar-refractivity contribution in [3.8, 4) is 0 Å². The third kappa shape index (κ3) is 3.31. The van der Waals surface area contributed by atoms with Gasteiger partial charge < -0.3 is 4.57 Å². The Morgan fingerprint density at radius 2 is 1.96 bits per heavy atom. The fourth-order valence-electron chi connectivity index (χ4n) is 3.15. The number of aromatic nitrogens is 3. The van der Waals surface area contributed by atoms with Crippen LogP contribution in [0.1, 0.15) is 29.4 Å². The van der Waals surface area contributed by atoms with E-state index in [9.17, 15) is 8.78 Å². The number of benzene rings is 1. The number of fused-ring (bicyclic) bond motifs is 1. The molecule has 0 saturated heterocycles. The summed E-state index contributed by atoms with van der Waals surface area (Å²) in [6, 6.07) is 3.70. The molecule has 0 aliphatic carbocycles. The zero-order chi connectivity index (χ0) is 18.0. The van der Waals surface area contributed by atoms with Crippen LogP contribution in [0.3, 0.4) is 0 Å². The normalized spacial score (nSPS) is 11.7. The van der Waals surface area contributed by atoms with Gasteiger partial charge in [0.2, 0.25) is 0 Å². The van der Waals surface area contributed by atoms with Gasteiger partial charge in [0.15, 0.2) is 0 Å². The molecule has 0 N–H and O–H groups in total. The van der Waals surface area contributed by atoms with E-state index in [0.29, 0.717) is 18.4 Å². The molecule has 1 aromatic carbocycles. The van der Waals surface area contributed by atoms with Crippen LogP contribution in [0.4, 0.5) is 8.78 Å². The molecule has 0 bridgehead atoms. The molecule has 0 unspecified atom stereocenters. The van der Waals surface area contributed by atoms with Crippen molar-refractivity contribution in [3.05, 3.63) is 70.7 Å². The van der Waals surface area contributed by atoms with Crippen molar-refractivity contribution in [3.63, 3.8) is 0 Å². The number of allylic oxidation sites excluding steroid dienone is 2. The van der Waals surface area contributed by atoms with Crippen LogP contribution in [0.25, 0.3) is 10.9 Å². The summed E-state index contributed by atoms with van der Waals surface area (Å²) in [4.78, 5) is 0. The molecule has 5 heteroatoms. The molecular formula is C20H21F2N3. The van der Waals surface area contributed by atoms with Crippen molar-refractivity contribution in [2.24, 2.45) is 0 Å². The van der Waals surface area contributed by atoms with Crippen LogP contribution in [0, 0.1) is 25.5 Å². The predicted molar refractivity (Wildman–Crippen MR) is 95.6 cm³/mol. The maximum Gasteiger partial charge on any atom is 0.129 e. The van der Waals surface area contributed by atoms with Crippen molar-refractivity contribution in [2.75, 3.05) is 0 Å². The van der Waals surface area contributed by atoms with Gasteiger partial charge in [0.1, 0.15) is 11.6 Å². The monoisotopic (exact) mass is 341 g/mol. The number of rotatable bonds is 5. The van der Waals surface area contributed by atoms with E-state index in [1.54, 1.807) is 6.20 Å². The van der Waals surface area contributed by atoms with Crippen molar-refractivity contribution in [1.29, 1.82) is 0 Å².